The number of hydrogen-bond acceptors (Lipinski definition) is 3. The number of nitrogens with zero attached hydrogens (tertiary/aromatic N) is 2. The van der Waals surface area contributed by atoms with Gasteiger partial charge in [-0.05, 0) is 36.9 Å². The standard InChI is InChI=1S/C18H21N3/c1-5-13(2)18-20(4)16-11-12-19-14(3)17(16)21(18)15-9-7-6-8-10-15/h5-12,14,18-19H,1-2H2,3-4H3. The van der Waals surface area contributed by atoms with E-state index in [1.807, 2.05) is 18.3 Å². The van der Waals surface area contributed by atoms with Crippen LogP contribution in [0.1, 0.15) is 6.92 Å². The fourth-order valence-corrected chi connectivity index (χ4v) is 3.11. The molecule has 3 nitrogen and oxygen atoms in total. The smallest absolute Gasteiger partial charge is 0.132 e. The normalized spacial score (nSPS) is 23.9. The average Bonchev–Trinajstić information content (AvgIpc) is 2.82. The van der Waals surface area contributed by atoms with E-state index in [1.54, 1.807) is 0 Å². The van der Waals surface area contributed by atoms with Gasteiger partial charge in [0, 0.05) is 12.7 Å². The number of hydrogen-bond donors (Lipinski definition) is 1. The fourth-order valence-electron chi connectivity index (χ4n) is 3.11. The molecule has 108 valence electrons. The Hall–Kier alpha value is -2.42. The summed E-state index contributed by atoms with van der Waals surface area (Å²) in [5.41, 5.74) is 4.68. The summed E-state index contributed by atoms with van der Waals surface area (Å²) >= 11 is 0. The minimum atomic E-state index is 0.0712. The van der Waals surface area contributed by atoms with E-state index in [0.29, 0.717) is 0 Å². The van der Waals surface area contributed by atoms with E-state index in [-0.39, 0.29) is 12.2 Å². The van der Waals surface area contributed by atoms with Crippen LogP contribution in [-0.2, 0) is 0 Å². The molecule has 0 radical (unpaired) electrons. The Morgan fingerprint density at radius 3 is 2.67 bits per heavy atom. The summed E-state index contributed by atoms with van der Waals surface area (Å²) in [6, 6.07) is 10.7. The zero-order chi connectivity index (χ0) is 15.0. The van der Waals surface area contributed by atoms with Gasteiger partial charge in [-0.15, -0.1) is 0 Å². The Morgan fingerprint density at radius 1 is 1.29 bits per heavy atom. The molecule has 1 N–H and O–H groups in total. The fraction of sp³-hybridized carbons (Fsp3) is 0.222. The van der Waals surface area contributed by atoms with Gasteiger partial charge in [0.1, 0.15) is 6.17 Å². The first-order valence-corrected chi connectivity index (χ1v) is 7.20. The van der Waals surface area contributed by atoms with Gasteiger partial charge in [-0.3, -0.25) is 0 Å². The lowest BCUT2D eigenvalue weighted by molar-refractivity contribution is 0.387. The van der Waals surface area contributed by atoms with Crippen molar-refractivity contribution in [3.05, 3.63) is 78.8 Å². The zero-order valence-corrected chi connectivity index (χ0v) is 12.6. The molecule has 3 heteroatoms. The SMILES string of the molecule is C=CC(=C)C1N(C)C2=C(C(C)NC=C2)N1c1ccccc1. The van der Waals surface area contributed by atoms with Crippen LogP contribution in [0.3, 0.4) is 0 Å². The monoisotopic (exact) mass is 279 g/mol. The molecule has 2 unspecified atom stereocenters. The van der Waals surface area contributed by atoms with Crippen molar-refractivity contribution >= 4 is 5.69 Å². The van der Waals surface area contributed by atoms with Gasteiger partial charge in [0.25, 0.3) is 0 Å². The molecule has 0 aliphatic carbocycles. The number of dihydropyridines is 1. The molecule has 2 atom stereocenters. The zero-order valence-electron chi connectivity index (χ0n) is 12.6. The van der Waals surface area contributed by atoms with Gasteiger partial charge in [0.2, 0.25) is 0 Å². The highest BCUT2D eigenvalue weighted by atomic mass is 15.4. The van der Waals surface area contributed by atoms with E-state index in [0.717, 1.165) is 5.57 Å². The average molecular weight is 279 g/mol. The van der Waals surface area contributed by atoms with Crippen LogP contribution >= 0.6 is 0 Å². The molecule has 0 bridgehead atoms. The summed E-state index contributed by atoms with van der Waals surface area (Å²) in [4.78, 5) is 4.61. The number of para-hydroxylation sites is 1. The first kappa shape index (κ1) is 13.6. The Kier molecular flexibility index (Phi) is 3.34. The molecule has 0 amide bonds. The molecule has 2 heterocycles. The van der Waals surface area contributed by atoms with Crippen molar-refractivity contribution in [2.24, 2.45) is 0 Å². The van der Waals surface area contributed by atoms with Gasteiger partial charge in [-0.2, -0.15) is 0 Å². The van der Waals surface area contributed by atoms with E-state index in [1.165, 1.54) is 17.1 Å². The maximum Gasteiger partial charge on any atom is 0.132 e. The van der Waals surface area contributed by atoms with Crippen LogP contribution in [0.5, 0.6) is 0 Å². The third-order valence-corrected chi connectivity index (χ3v) is 4.14. The molecule has 1 aromatic carbocycles. The van der Waals surface area contributed by atoms with Gasteiger partial charge in [-0.1, -0.05) is 37.4 Å². The van der Waals surface area contributed by atoms with Crippen molar-refractivity contribution in [3.63, 3.8) is 0 Å². The molecule has 2 aliphatic heterocycles. The summed E-state index contributed by atoms with van der Waals surface area (Å²) in [5.74, 6) is 0. The summed E-state index contributed by atoms with van der Waals surface area (Å²) in [5, 5.41) is 3.39. The Balaban J connectivity index is 2.14. The van der Waals surface area contributed by atoms with Crippen LogP contribution in [0.4, 0.5) is 5.69 Å². The molecule has 0 saturated carbocycles. The van der Waals surface area contributed by atoms with Crippen molar-refractivity contribution in [2.75, 3.05) is 11.9 Å². The molecule has 0 fully saturated rings. The first-order valence-electron chi connectivity index (χ1n) is 7.20. The van der Waals surface area contributed by atoms with Crippen molar-refractivity contribution in [1.82, 2.24) is 10.2 Å². The lowest BCUT2D eigenvalue weighted by atomic mass is 10.1. The highest BCUT2D eigenvalue weighted by Gasteiger charge is 2.39. The first-order chi connectivity index (χ1) is 10.1. The maximum absolute atomic E-state index is 4.19. The molecule has 2 aliphatic rings. The van der Waals surface area contributed by atoms with Crippen molar-refractivity contribution in [3.8, 4) is 0 Å². The quantitative estimate of drug-likeness (QED) is 0.857. The van der Waals surface area contributed by atoms with Gasteiger partial charge < -0.3 is 15.1 Å². The van der Waals surface area contributed by atoms with Gasteiger partial charge >= 0.3 is 0 Å². The predicted molar refractivity (Wildman–Crippen MR) is 88.6 cm³/mol. The van der Waals surface area contributed by atoms with Crippen molar-refractivity contribution in [2.45, 2.75) is 19.1 Å². The third-order valence-electron chi connectivity index (χ3n) is 4.14. The molecule has 1 aromatic rings. The summed E-state index contributed by atoms with van der Waals surface area (Å²) in [7, 11) is 2.11. The van der Waals surface area contributed by atoms with Gasteiger partial charge in [0.05, 0.1) is 17.4 Å². The topological polar surface area (TPSA) is 18.5 Å². The van der Waals surface area contributed by atoms with E-state index >= 15 is 0 Å². The second-order valence-electron chi connectivity index (χ2n) is 5.46. The minimum Gasteiger partial charge on any atom is -0.383 e. The molecule has 0 saturated heterocycles. The number of benzene rings is 1. The number of allylic oxidation sites excluding steroid dienone is 1. The molecule has 0 aromatic heterocycles. The Labute approximate surface area is 126 Å². The van der Waals surface area contributed by atoms with Crippen LogP contribution < -0.4 is 10.2 Å². The van der Waals surface area contributed by atoms with Crippen LogP contribution in [0.2, 0.25) is 0 Å². The lowest BCUT2D eigenvalue weighted by Crippen LogP contribution is -2.42. The van der Waals surface area contributed by atoms with E-state index in [4.69, 9.17) is 0 Å². The molecule has 21 heavy (non-hydrogen) atoms. The van der Waals surface area contributed by atoms with E-state index in [9.17, 15) is 0 Å². The second-order valence-corrected chi connectivity index (χ2v) is 5.46. The highest BCUT2D eigenvalue weighted by Crippen LogP contribution is 2.39. The summed E-state index contributed by atoms with van der Waals surface area (Å²) in [6.07, 6.45) is 6.06. The Bertz CT molecular complexity index is 627. The predicted octanol–water partition coefficient (Wildman–Crippen LogP) is 3.22. The van der Waals surface area contributed by atoms with E-state index in [2.05, 4.69) is 72.6 Å². The number of anilines is 1. The van der Waals surface area contributed by atoms with Gasteiger partial charge in [0.15, 0.2) is 0 Å². The number of rotatable bonds is 3. The molecular formula is C18H21N3. The van der Waals surface area contributed by atoms with Crippen molar-refractivity contribution < 1.29 is 0 Å². The highest BCUT2D eigenvalue weighted by molar-refractivity contribution is 5.62. The lowest BCUT2D eigenvalue weighted by Gasteiger charge is -2.34. The summed E-state index contributed by atoms with van der Waals surface area (Å²) in [6.45, 7) is 10.3. The molecule has 3 rings (SSSR count). The van der Waals surface area contributed by atoms with E-state index < -0.39 is 0 Å². The van der Waals surface area contributed by atoms with Crippen LogP contribution in [0.15, 0.2) is 78.8 Å². The van der Waals surface area contributed by atoms with Crippen molar-refractivity contribution in [1.29, 1.82) is 0 Å². The minimum absolute atomic E-state index is 0.0712. The van der Waals surface area contributed by atoms with Gasteiger partial charge in [-0.25, -0.2) is 0 Å². The number of likely N-dealkylation sites (N-methyl/N-ethyl adjacent to an activating group) is 1. The van der Waals surface area contributed by atoms with Crippen LogP contribution in [0.25, 0.3) is 0 Å². The molecular weight excluding hydrogens is 258 g/mol. The largest absolute Gasteiger partial charge is 0.383 e. The van der Waals surface area contributed by atoms with Crippen LogP contribution in [-0.4, -0.2) is 24.2 Å². The maximum atomic E-state index is 4.19. The second kappa shape index (κ2) is 5.17. The Morgan fingerprint density at radius 2 is 2.00 bits per heavy atom. The molecule has 0 spiro atoms. The third kappa shape index (κ3) is 2.05. The number of nitrogens with one attached hydrogen (secondary N) is 1. The summed E-state index contributed by atoms with van der Waals surface area (Å²) < 4.78 is 0. The van der Waals surface area contributed by atoms with Crippen LogP contribution in [0, 0.1) is 0 Å².